The fourth-order valence-electron chi connectivity index (χ4n) is 0.483. The van der Waals surface area contributed by atoms with Crippen molar-refractivity contribution in [3.63, 3.8) is 0 Å². The van der Waals surface area contributed by atoms with Crippen molar-refractivity contribution in [2.24, 2.45) is 0 Å². The van der Waals surface area contributed by atoms with Crippen LogP contribution in [0.25, 0.3) is 0 Å². The Balaban J connectivity index is 3.50. The van der Waals surface area contributed by atoms with Gasteiger partial charge in [0.25, 0.3) is 0 Å². The molecule has 0 heterocycles. The molecule has 5 heteroatoms. The van der Waals surface area contributed by atoms with Gasteiger partial charge < -0.3 is 9.47 Å². The van der Waals surface area contributed by atoms with Crippen molar-refractivity contribution in [2.45, 2.75) is 13.3 Å². The van der Waals surface area contributed by atoms with Crippen molar-refractivity contribution in [2.75, 3.05) is 12.1 Å². The molecule has 0 aliphatic carbocycles. The number of carbonyl (C=O) groups is 2. The maximum atomic E-state index is 10.8. The highest BCUT2D eigenvalue weighted by molar-refractivity contribution is 9.09. The van der Waals surface area contributed by atoms with E-state index in [1.807, 2.05) is 0 Å². The van der Waals surface area contributed by atoms with E-state index in [9.17, 15) is 9.59 Å². The van der Waals surface area contributed by atoms with Gasteiger partial charge in [-0.2, -0.15) is 0 Å². The third kappa shape index (κ3) is 6.33. The first-order valence-corrected chi connectivity index (χ1v) is 4.74. The van der Waals surface area contributed by atoms with Gasteiger partial charge in [0, 0.05) is 5.57 Å². The van der Waals surface area contributed by atoms with Gasteiger partial charge in [-0.15, -0.1) is 0 Å². The second-order valence-electron chi connectivity index (χ2n) is 2.29. The standard InChI is InChI=1S/C8H11BrO4/c1-6(2)8(11)12-4-3-7(10)13-5-9/h1,3-5H2,2H3. The monoisotopic (exact) mass is 250 g/mol. The molecule has 0 aromatic carbocycles. The summed E-state index contributed by atoms with van der Waals surface area (Å²) in [4.78, 5) is 21.5. The van der Waals surface area contributed by atoms with Crippen LogP contribution >= 0.6 is 15.9 Å². The molecular weight excluding hydrogens is 240 g/mol. The molecule has 0 aromatic heterocycles. The van der Waals surface area contributed by atoms with E-state index in [1.165, 1.54) is 0 Å². The van der Waals surface area contributed by atoms with E-state index in [4.69, 9.17) is 0 Å². The van der Waals surface area contributed by atoms with Crippen LogP contribution in [0.4, 0.5) is 0 Å². The molecule has 0 aliphatic heterocycles. The lowest BCUT2D eigenvalue weighted by molar-refractivity contribution is -0.145. The van der Waals surface area contributed by atoms with Crippen LogP contribution in [0.5, 0.6) is 0 Å². The van der Waals surface area contributed by atoms with E-state index in [0.717, 1.165) is 0 Å². The number of ether oxygens (including phenoxy) is 2. The zero-order chi connectivity index (χ0) is 10.3. The number of halogens is 1. The molecule has 0 aromatic rings. The summed E-state index contributed by atoms with van der Waals surface area (Å²) in [5, 5.41) is 0. The zero-order valence-corrected chi connectivity index (χ0v) is 8.93. The Kier molecular flexibility index (Phi) is 6.22. The minimum atomic E-state index is -0.494. The number of hydrogen-bond donors (Lipinski definition) is 0. The van der Waals surface area contributed by atoms with Crippen LogP contribution in [0.1, 0.15) is 13.3 Å². The molecule has 0 saturated carbocycles. The fourth-order valence-corrected chi connectivity index (χ4v) is 0.739. The van der Waals surface area contributed by atoms with Gasteiger partial charge in [0.05, 0.1) is 6.42 Å². The van der Waals surface area contributed by atoms with Gasteiger partial charge in [-0.25, -0.2) is 4.79 Å². The first-order chi connectivity index (χ1) is 6.07. The smallest absolute Gasteiger partial charge is 0.333 e. The van der Waals surface area contributed by atoms with Gasteiger partial charge in [0.2, 0.25) is 0 Å². The molecule has 13 heavy (non-hydrogen) atoms. The molecule has 0 aliphatic rings. The van der Waals surface area contributed by atoms with Crippen LogP contribution in [0.3, 0.4) is 0 Å². The van der Waals surface area contributed by atoms with Gasteiger partial charge >= 0.3 is 11.9 Å². The molecule has 74 valence electrons. The van der Waals surface area contributed by atoms with E-state index in [2.05, 4.69) is 32.0 Å². The molecule has 0 amide bonds. The molecule has 0 unspecified atom stereocenters. The Morgan fingerprint density at radius 3 is 2.46 bits per heavy atom. The van der Waals surface area contributed by atoms with Crippen LogP contribution < -0.4 is 0 Å². The van der Waals surface area contributed by atoms with Crippen molar-refractivity contribution in [3.05, 3.63) is 12.2 Å². The van der Waals surface area contributed by atoms with Gasteiger partial charge in [0.15, 0.2) is 0 Å². The Labute approximate surface area is 85.0 Å². The number of esters is 2. The van der Waals surface area contributed by atoms with Crippen LogP contribution in [0.2, 0.25) is 0 Å². The third-order valence-electron chi connectivity index (χ3n) is 1.10. The third-order valence-corrected chi connectivity index (χ3v) is 1.33. The fraction of sp³-hybridized carbons (Fsp3) is 0.500. The largest absolute Gasteiger partial charge is 0.462 e. The molecule has 0 atom stereocenters. The van der Waals surface area contributed by atoms with E-state index in [1.54, 1.807) is 6.92 Å². The second kappa shape index (κ2) is 6.65. The molecule has 0 fully saturated rings. The first kappa shape index (κ1) is 12.2. The van der Waals surface area contributed by atoms with Gasteiger partial charge in [-0.05, 0) is 22.9 Å². The quantitative estimate of drug-likeness (QED) is 0.421. The maximum absolute atomic E-state index is 10.8. The summed E-state index contributed by atoms with van der Waals surface area (Å²) in [5.41, 5.74) is 0.467. The topological polar surface area (TPSA) is 52.6 Å². The molecule has 0 spiro atoms. The highest BCUT2D eigenvalue weighted by atomic mass is 79.9. The number of alkyl halides is 1. The Hall–Kier alpha value is -0.840. The van der Waals surface area contributed by atoms with Crippen molar-refractivity contribution < 1.29 is 19.1 Å². The summed E-state index contributed by atoms with van der Waals surface area (Å²) < 4.78 is 9.21. The minimum absolute atomic E-state index is 0.0253. The summed E-state index contributed by atoms with van der Waals surface area (Å²) in [5.74, 6) is -0.905. The maximum Gasteiger partial charge on any atom is 0.333 e. The van der Waals surface area contributed by atoms with Gasteiger partial charge in [-0.1, -0.05) is 6.58 Å². The molecule has 0 N–H and O–H groups in total. The summed E-state index contributed by atoms with van der Waals surface area (Å²) in [6.45, 7) is 4.96. The van der Waals surface area contributed by atoms with Crippen LogP contribution in [-0.4, -0.2) is 24.1 Å². The minimum Gasteiger partial charge on any atom is -0.462 e. The van der Waals surface area contributed by atoms with E-state index in [-0.39, 0.29) is 18.5 Å². The van der Waals surface area contributed by atoms with E-state index < -0.39 is 11.9 Å². The molecular formula is C8H11BrO4. The van der Waals surface area contributed by atoms with Crippen molar-refractivity contribution in [3.8, 4) is 0 Å². The molecule has 0 rings (SSSR count). The average Bonchev–Trinajstić information content (AvgIpc) is 2.04. The van der Waals surface area contributed by atoms with Crippen molar-refractivity contribution in [1.82, 2.24) is 0 Å². The lowest BCUT2D eigenvalue weighted by atomic mass is 10.4. The molecule has 0 saturated heterocycles. The number of hydrogen-bond acceptors (Lipinski definition) is 4. The normalized spacial score (nSPS) is 9.08. The van der Waals surface area contributed by atoms with Gasteiger partial charge in [0.1, 0.15) is 12.1 Å². The van der Waals surface area contributed by atoms with Crippen molar-refractivity contribution in [1.29, 1.82) is 0 Å². The lowest BCUT2D eigenvalue weighted by Crippen LogP contribution is -2.11. The summed E-state index contributed by atoms with van der Waals surface area (Å²) in [7, 11) is 0. The molecule has 0 bridgehead atoms. The first-order valence-electron chi connectivity index (χ1n) is 3.62. The Morgan fingerprint density at radius 2 is 2.00 bits per heavy atom. The van der Waals surface area contributed by atoms with Crippen LogP contribution in [0, 0.1) is 0 Å². The molecule has 4 nitrogen and oxygen atoms in total. The summed E-state index contributed by atoms with van der Waals surface area (Å²) in [6.07, 6.45) is 0.0601. The SMILES string of the molecule is C=C(C)C(=O)OCCC(=O)OCBr. The van der Waals surface area contributed by atoms with E-state index >= 15 is 0 Å². The van der Waals surface area contributed by atoms with E-state index in [0.29, 0.717) is 5.57 Å². The highest BCUT2D eigenvalue weighted by Crippen LogP contribution is 1.95. The predicted molar refractivity (Wildman–Crippen MR) is 50.3 cm³/mol. The van der Waals surface area contributed by atoms with Crippen LogP contribution in [0.15, 0.2) is 12.2 Å². The average molecular weight is 251 g/mol. The predicted octanol–water partition coefficient (Wildman–Crippen LogP) is 1.39. The van der Waals surface area contributed by atoms with Crippen LogP contribution in [-0.2, 0) is 19.1 Å². The Bertz CT molecular complexity index is 212. The lowest BCUT2D eigenvalue weighted by Gasteiger charge is -2.03. The van der Waals surface area contributed by atoms with Gasteiger partial charge in [-0.3, -0.25) is 4.79 Å². The molecule has 0 radical (unpaired) electrons. The van der Waals surface area contributed by atoms with Crippen molar-refractivity contribution >= 4 is 27.9 Å². The Morgan fingerprint density at radius 1 is 1.38 bits per heavy atom. The zero-order valence-electron chi connectivity index (χ0n) is 7.34. The highest BCUT2D eigenvalue weighted by Gasteiger charge is 2.06. The summed E-state index contributed by atoms with van der Waals surface area (Å²) >= 11 is 2.93. The number of carbonyl (C=O) groups excluding carboxylic acids is 2. The second-order valence-corrected chi connectivity index (χ2v) is 2.75. The summed E-state index contributed by atoms with van der Waals surface area (Å²) in [6, 6.07) is 0. The number of rotatable bonds is 5.